The summed E-state index contributed by atoms with van der Waals surface area (Å²) in [6.45, 7) is 2.00. The summed E-state index contributed by atoms with van der Waals surface area (Å²) < 4.78 is 0.918. The van der Waals surface area contributed by atoms with Crippen LogP contribution in [0.3, 0.4) is 0 Å². The predicted octanol–water partition coefficient (Wildman–Crippen LogP) is 5.29. The van der Waals surface area contributed by atoms with Crippen LogP contribution in [0.25, 0.3) is 6.08 Å². The maximum atomic E-state index is 13.3. The molecule has 30 heavy (non-hydrogen) atoms. The largest absolute Gasteiger partial charge is 0.478 e. The monoisotopic (exact) mass is 460 g/mol. The van der Waals surface area contributed by atoms with Crippen LogP contribution < -0.4 is 4.90 Å². The number of hydrogen-bond donors (Lipinski definition) is 1. The van der Waals surface area contributed by atoms with Gasteiger partial charge in [0.25, 0.3) is 5.91 Å². The molecule has 1 aliphatic rings. The Morgan fingerprint density at radius 2 is 1.60 bits per heavy atom. The average molecular weight is 461 g/mol. The minimum absolute atomic E-state index is 0.190. The number of amides is 1. The lowest BCUT2D eigenvalue weighted by molar-refractivity contribution is -0.113. The highest BCUT2D eigenvalue weighted by Crippen LogP contribution is 2.29. The highest BCUT2D eigenvalue weighted by atomic mass is 79.9. The van der Waals surface area contributed by atoms with E-state index in [4.69, 9.17) is 5.11 Å². The number of anilines is 1. The van der Waals surface area contributed by atoms with E-state index in [0.29, 0.717) is 17.1 Å². The molecule has 0 radical (unpaired) electrons. The van der Waals surface area contributed by atoms with Gasteiger partial charge in [0.15, 0.2) is 0 Å². The maximum absolute atomic E-state index is 13.3. The first-order valence-corrected chi connectivity index (χ1v) is 10.0. The summed E-state index contributed by atoms with van der Waals surface area (Å²) in [5, 5.41) is 9.06. The van der Waals surface area contributed by atoms with Gasteiger partial charge in [-0.25, -0.2) is 9.79 Å². The van der Waals surface area contributed by atoms with Crippen LogP contribution in [-0.4, -0.2) is 22.8 Å². The Labute approximate surface area is 182 Å². The van der Waals surface area contributed by atoms with Crippen molar-refractivity contribution in [2.75, 3.05) is 4.90 Å². The molecular formula is C24H17BrN2O3. The van der Waals surface area contributed by atoms with Crippen LogP contribution >= 0.6 is 15.9 Å². The molecule has 0 atom stereocenters. The number of carbonyl (C=O) groups excluding carboxylic acids is 1. The molecule has 5 nitrogen and oxygen atoms in total. The van der Waals surface area contributed by atoms with Crippen molar-refractivity contribution in [2.24, 2.45) is 4.99 Å². The second-order valence-electron chi connectivity index (χ2n) is 6.88. The SMILES string of the molecule is Cc1ccc(C2=N/C(=C/c3ccc(C(=O)O)cc3)C(=O)N2c2ccc(Br)cc2)cc1. The van der Waals surface area contributed by atoms with Crippen molar-refractivity contribution in [3.8, 4) is 0 Å². The van der Waals surface area contributed by atoms with Gasteiger partial charge in [-0.1, -0.05) is 57.9 Å². The molecule has 0 fully saturated rings. The number of halogens is 1. The molecule has 0 unspecified atom stereocenters. The summed E-state index contributed by atoms with van der Waals surface area (Å²) in [4.78, 5) is 30.5. The van der Waals surface area contributed by atoms with E-state index < -0.39 is 5.97 Å². The summed E-state index contributed by atoms with van der Waals surface area (Å²) in [6, 6.07) is 21.6. The molecule has 1 amide bonds. The van der Waals surface area contributed by atoms with Gasteiger partial charge < -0.3 is 5.11 Å². The van der Waals surface area contributed by atoms with E-state index in [1.807, 2.05) is 55.5 Å². The number of carboxylic acids is 1. The van der Waals surface area contributed by atoms with Crippen molar-refractivity contribution < 1.29 is 14.7 Å². The van der Waals surface area contributed by atoms with Gasteiger partial charge in [-0.15, -0.1) is 0 Å². The number of carboxylic acid groups (broad SMARTS) is 1. The maximum Gasteiger partial charge on any atom is 0.335 e. The molecule has 1 heterocycles. The van der Waals surface area contributed by atoms with E-state index in [2.05, 4.69) is 20.9 Å². The van der Waals surface area contributed by atoms with E-state index >= 15 is 0 Å². The number of benzene rings is 3. The van der Waals surface area contributed by atoms with Crippen LogP contribution in [-0.2, 0) is 4.79 Å². The fourth-order valence-corrected chi connectivity index (χ4v) is 3.39. The highest BCUT2D eigenvalue weighted by molar-refractivity contribution is 9.10. The Morgan fingerprint density at radius 1 is 0.967 bits per heavy atom. The van der Waals surface area contributed by atoms with Gasteiger partial charge in [0, 0.05) is 10.0 Å². The Balaban J connectivity index is 1.78. The van der Waals surface area contributed by atoms with Crippen molar-refractivity contribution in [2.45, 2.75) is 6.92 Å². The fourth-order valence-electron chi connectivity index (χ4n) is 3.12. The lowest BCUT2D eigenvalue weighted by atomic mass is 10.1. The van der Waals surface area contributed by atoms with E-state index in [0.717, 1.165) is 15.6 Å². The standard InChI is InChI=1S/C24H17BrN2O3/c1-15-2-6-17(7-3-15)22-26-21(14-16-4-8-18(9-5-16)24(29)30)23(28)27(22)20-12-10-19(25)11-13-20/h2-14H,1H3,(H,29,30)/b21-14+. The summed E-state index contributed by atoms with van der Waals surface area (Å²) in [5.41, 5.74) is 3.85. The third-order valence-corrected chi connectivity index (χ3v) is 5.24. The van der Waals surface area contributed by atoms with Crippen LogP contribution in [0.15, 0.2) is 88.0 Å². The number of nitrogens with zero attached hydrogens (tertiary/aromatic N) is 2. The molecule has 1 N–H and O–H groups in total. The van der Waals surface area contributed by atoms with Crippen LogP contribution in [0.1, 0.15) is 27.0 Å². The zero-order valence-corrected chi connectivity index (χ0v) is 17.6. The van der Waals surface area contributed by atoms with Crippen molar-refractivity contribution in [1.29, 1.82) is 0 Å². The smallest absolute Gasteiger partial charge is 0.335 e. The number of carbonyl (C=O) groups is 2. The van der Waals surface area contributed by atoms with Gasteiger partial charge in [-0.2, -0.15) is 0 Å². The minimum Gasteiger partial charge on any atom is -0.478 e. The normalized spacial score (nSPS) is 14.9. The second-order valence-corrected chi connectivity index (χ2v) is 7.79. The Kier molecular flexibility index (Phi) is 5.33. The first kappa shape index (κ1) is 19.8. The van der Waals surface area contributed by atoms with Gasteiger partial charge >= 0.3 is 5.97 Å². The summed E-state index contributed by atoms with van der Waals surface area (Å²) >= 11 is 3.42. The minimum atomic E-state index is -0.993. The Hall–Kier alpha value is -3.51. The van der Waals surface area contributed by atoms with Crippen molar-refractivity contribution in [3.63, 3.8) is 0 Å². The van der Waals surface area contributed by atoms with E-state index in [-0.39, 0.29) is 17.2 Å². The Bertz CT molecular complexity index is 1180. The molecule has 0 saturated carbocycles. The van der Waals surface area contributed by atoms with Gasteiger partial charge in [0.1, 0.15) is 11.5 Å². The van der Waals surface area contributed by atoms with Gasteiger partial charge in [0.05, 0.1) is 11.3 Å². The van der Waals surface area contributed by atoms with E-state index in [9.17, 15) is 9.59 Å². The van der Waals surface area contributed by atoms with Crippen LogP contribution in [0.2, 0.25) is 0 Å². The summed E-state index contributed by atoms with van der Waals surface area (Å²) in [6.07, 6.45) is 1.67. The summed E-state index contributed by atoms with van der Waals surface area (Å²) in [5.74, 6) is -0.682. The number of rotatable bonds is 4. The van der Waals surface area contributed by atoms with Crippen LogP contribution in [0, 0.1) is 6.92 Å². The quantitative estimate of drug-likeness (QED) is 0.537. The first-order chi connectivity index (χ1) is 14.4. The molecule has 0 aliphatic carbocycles. The lowest BCUT2D eigenvalue weighted by Crippen LogP contribution is -2.32. The molecule has 4 rings (SSSR count). The molecule has 0 spiro atoms. The van der Waals surface area contributed by atoms with E-state index in [1.165, 1.54) is 12.1 Å². The predicted molar refractivity (Wildman–Crippen MR) is 121 cm³/mol. The molecule has 0 bridgehead atoms. The average Bonchev–Trinajstić information content (AvgIpc) is 3.06. The highest BCUT2D eigenvalue weighted by Gasteiger charge is 2.32. The number of aliphatic imine (C=N–C) groups is 1. The topological polar surface area (TPSA) is 70.0 Å². The van der Waals surface area contributed by atoms with Gasteiger partial charge in [0.2, 0.25) is 0 Å². The molecule has 0 saturated heterocycles. The van der Waals surface area contributed by atoms with Gasteiger partial charge in [-0.05, 0) is 55.0 Å². The number of aromatic carboxylic acids is 1. The summed E-state index contributed by atoms with van der Waals surface area (Å²) in [7, 11) is 0. The molecule has 0 aromatic heterocycles. The molecule has 148 valence electrons. The fraction of sp³-hybridized carbons (Fsp3) is 0.0417. The van der Waals surface area contributed by atoms with Crippen molar-refractivity contribution >= 4 is 45.4 Å². The molecule has 6 heteroatoms. The van der Waals surface area contributed by atoms with Crippen LogP contribution in [0.5, 0.6) is 0 Å². The third-order valence-electron chi connectivity index (χ3n) is 4.72. The zero-order chi connectivity index (χ0) is 21.3. The van der Waals surface area contributed by atoms with Gasteiger partial charge in [-0.3, -0.25) is 9.69 Å². The lowest BCUT2D eigenvalue weighted by Gasteiger charge is -2.18. The van der Waals surface area contributed by atoms with Crippen molar-refractivity contribution in [3.05, 3.63) is 105 Å². The number of amidine groups is 1. The third kappa shape index (κ3) is 3.95. The zero-order valence-electron chi connectivity index (χ0n) is 16.0. The van der Waals surface area contributed by atoms with E-state index in [1.54, 1.807) is 23.1 Å². The first-order valence-electron chi connectivity index (χ1n) is 9.23. The Morgan fingerprint density at radius 3 is 2.20 bits per heavy atom. The number of aryl methyl sites for hydroxylation is 1. The molecule has 3 aromatic carbocycles. The van der Waals surface area contributed by atoms with Crippen molar-refractivity contribution in [1.82, 2.24) is 0 Å². The molecular weight excluding hydrogens is 444 g/mol. The van der Waals surface area contributed by atoms with Crippen LogP contribution in [0.4, 0.5) is 5.69 Å². The molecule has 3 aromatic rings. The second kappa shape index (κ2) is 8.08. The number of hydrogen-bond acceptors (Lipinski definition) is 3. The molecule has 1 aliphatic heterocycles.